The van der Waals surface area contributed by atoms with E-state index < -0.39 is 17.7 Å². The van der Waals surface area contributed by atoms with Gasteiger partial charge >= 0.3 is 0 Å². The van der Waals surface area contributed by atoms with Gasteiger partial charge in [-0.1, -0.05) is 12.1 Å². The van der Waals surface area contributed by atoms with E-state index in [2.05, 4.69) is 0 Å². The maximum atomic E-state index is 13.4. The number of amides is 1. The number of benzene rings is 2. The van der Waals surface area contributed by atoms with Gasteiger partial charge in [-0.05, 0) is 72.3 Å². The normalized spacial score (nSPS) is 17.8. The number of carbonyl (C=O) groups is 2. The molecule has 1 aliphatic rings. The molecule has 0 bridgehead atoms. The van der Waals surface area contributed by atoms with E-state index in [-0.39, 0.29) is 23.7 Å². The Hall–Kier alpha value is -3.45. The fraction of sp³-hybridized carbons (Fsp3) is 0.200. The van der Waals surface area contributed by atoms with Gasteiger partial charge in [0.2, 0.25) is 0 Å². The Labute approximate surface area is 189 Å². The zero-order valence-electron chi connectivity index (χ0n) is 17.9. The van der Waals surface area contributed by atoms with Crippen LogP contribution in [0, 0.1) is 19.7 Å². The van der Waals surface area contributed by atoms with E-state index in [0.29, 0.717) is 16.9 Å². The van der Waals surface area contributed by atoms with Crippen molar-refractivity contribution in [2.75, 3.05) is 7.11 Å². The largest absolute Gasteiger partial charge is 0.507 e. The van der Waals surface area contributed by atoms with Crippen LogP contribution < -0.4 is 4.74 Å². The van der Waals surface area contributed by atoms with Crippen molar-refractivity contribution in [3.63, 3.8) is 0 Å². The van der Waals surface area contributed by atoms with E-state index in [0.717, 1.165) is 16.0 Å². The highest BCUT2D eigenvalue weighted by atomic mass is 32.1. The average Bonchev–Trinajstić information content (AvgIpc) is 3.30. The summed E-state index contributed by atoms with van der Waals surface area (Å²) in [5.74, 6) is -1.39. The van der Waals surface area contributed by atoms with Gasteiger partial charge in [0.25, 0.3) is 11.7 Å². The van der Waals surface area contributed by atoms with Gasteiger partial charge in [0, 0.05) is 17.0 Å². The Morgan fingerprint density at radius 2 is 1.81 bits per heavy atom. The number of rotatable bonds is 5. The van der Waals surface area contributed by atoms with E-state index in [1.807, 2.05) is 25.3 Å². The van der Waals surface area contributed by atoms with Crippen molar-refractivity contribution in [2.24, 2.45) is 0 Å². The number of halogens is 1. The lowest BCUT2D eigenvalue weighted by Gasteiger charge is -2.25. The lowest BCUT2D eigenvalue weighted by molar-refractivity contribution is -0.140. The predicted molar refractivity (Wildman–Crippen MR) is 121 cm³/mol. The SMILES string of the molecule is COc1ccc(/C(O)=C2/C(=O)C(=O)N(Cc3ccc(F)cc3)C2c2sccc2C)cc1C. The number of aliphatic hydroxyl groups is 1. The van der Waals surface area contributed by atoms with Crippen LogP contribution in [0.2, 0.25) is 0 Å². The number of aliphatic hydroxyl groups excluding tert-OH is 1. The molecule has 1 N–H and O–H groups in total. The monoisotopic (exact) mass is 451 g/mol. The molecule has 164 valence electrons. The van der Waals surface area contributed by atoms with E-state index >= 15 is 0 Å². The Balaban J connectivity index is 1.85. The average molecular weight is 452 g/mol. The number of aryl methyl sites for hydroxylation is 2. The third kappa shape index (κ3) is 3.80. The molecule has 0 aliphatic carbocycles. The molecule has 0 spiro atoms. The van der Waals surface area contributed by atoms with Crippen molar-refractivity contribution < 1.29 is 23.8 Å². The molecule has 1 aliphatic heterocycles. The van der Waals surface area contributed by atoms with Gasteiger partial charge in [-0.15, -0.1) is 11.3 Å². The van der Waals surface area contributed by atoms with Gasteiger partial charge in [0.05, 0.1) is 12.7 Å². The van der Waals surface area contributed by atoms with Crippen molar-refractivity contribution >= 4 is 28.8 Å². The van der Waals surface area contributed by atoms with E-state index in [1.165, 1.54) is 28.4 Å². The molecule has 3 aromatic rings. The van der Waals surface area contributed by atoms with Crippen molar-refractivity contribution in [3.05, 3.63) is 92.4 Å². The molecule has 0 saturated carbocycles. The molecule has 4 rings (SSSR count). The number of likely N-dealkylation sites (tertiary alicyclic amines) is 1. The molecule has 2 heterocycles. The molecule has 1 saturated heterocycles. The van der Waals surface area contributed by atoms with Crippen LogP contribution in [-0.4, -0.2) is 28.8 Å². The first-order valence-electron chi connectivity index (χ1n) is 10.0. The Morgan fingerprint density at radius 1 is 1.09 bits per heavy atom. The van der Waals surface area contributed by atoms with Crippen LogP contribution in [0.15, 0.2) is 59.5 Å². The standard InChI is InChI=1S/C25H22FNO4S/c1-14-10-11-32-24(14)21-20(22(28)17-6-9-19(31-3)15(2)12-17)23(29)25(30)27(21)13-16-4-7-18(26)8-5-16/h4-12,21,28H,13H2,1-3H3/b22-20-. The first kappa shape index (κ1) is 21.8. The van der Waals surface area contributed by atoms with Crippen LogP contribution >= 0.6 is 11.3 Å². The summed E-state index contributed by atoms with van der Waals surface area (Å²) >= 11 is 1.42. The highest BCUT2D eigenvalue weighted by Gasteiger charge is 2.47. The molecule has 1 fully saturated rings. The molecule has 0 radical (unpaired) electrons. The van der Waals surface area contributed by atoms with Crippen molar-refractivity contribution in [2.45, 2.75) is 26.4 Å². The molecule has 1 amide bonds. The lowest BCUT2D eigenvalue weighted by Crippen LogP contribution is -2.29. The molecule has 1 unspecified atom stereocenters. The van der Waals surface area contributed by atoms with Crippen molar-refractivity contribution in [1.29, 1.82) is 0 Å². The summed E-state index contributed by atoms with van der Waals surface area (Å²) in [5.41, 5.74) is 2.88. The number of thiophene rings is 1. The molecule has 2 aromatic carbocycles. The van der Waals surface area contributed by atoms with Gasteiger partial charge < -0.3 is 14.7 Å². The van der Waals surface area contributed by atoms with Gasteiger partial charge in [-0.2, -0.15) is 0 Å². The Bertz CT molecular complexity index is 1230. The molecular weight excluding hydrogens is 429 g/mol. The number of nitrogens with zero attached hydrogens (tertiary/aromatic N) is 1. The quantitative estimate of drug-likeness (QED) is 0.332. The number of carbonyl (C=O) groups excluding carboxylic acids is 2. The highest BCUT2D eigenvalue weighted by molar-refractivity contribution is 7.10. The van der Waals surface area contributed by atoms with Gasteiger partial charge in [0.1, 0.15) is 23.4 Å². The first-order valence-corrected chi connectivity index (χ1v) is 10.9. The van der Waals surface area contributed by atoms with Crippen LogP contribution in [-0.2, 0) is 16.1 Å². The van der Waals surface area contributed by atoms with Gasteiger partial charge in [0.15, 0.2) is 0 Å². The van der Waals surface area contributed by atoms with E-state index in [9.17, 15) is 19.1 Å². The van der Waals surface area contributed by atoms with Crippen molar-refractivity contribution in [3.8, 4) is 5.75 Å². The molecule has 1 aromatic heterocycles. The molecular formula is C25H22FNO4S. The molecule has 5 nitrogen and oxygen atoms in total. The minimum atomic E-state index is -0.740. The summed E-state index contributed by atoms with van der Waals surface area (Å²) in [5, 5.41) is 13.1. The van der Waals surface area contributed by atoms with Gasteiger partial charge in [-0.25, -0.2) is 4.39 Å². The number of ketones is 1. The summed E-state index contributed by atoms with van der Waals surface area (Å²) in [7, 11) is 1.56. The second kappa shape index (κ2) is 8.59. The van der Waals surface area contributed by atoms with Crippen LogP contribution in [0.3, 0.4) is 0 Å². The number of methoxy groups -OCH3 is 1. The molecule has 1 atom stereocenters. The number of Topliss-reactive ketones (excluding diaryl/α,β-unsaturated/α-hetero) is 1. The maximum absolute atomic E-state index is 13.4. The third-order valence-corrected chi connectivity index (χ3v) is 6.70. The number of hydrogen-bond acceptors (Lipinski definition) is 5. The second-order valence-corrected chi connectivity index (χ2v) is 8.65. The Kier molecular flexibility index (Phi) is 5.84. The maximum Gasteiger partial charge on any atom is 0.295 e. The highest BCUT2D eigenvalue weighted by Crippen LogP contribution is 2.43. The fourth-order valence-electron chi connectivity index (χ4n) is 3.95. The molecule has 32 heavy (non-hydrogen) atoms. The minimum Gasteiger partial charge on any atom is -0.507 e. The number of ether oxygens (including phenoxy) is 1. The van der Waals surface area contributed by atoms with Crippen LogP contribution in [0.1, 0.15) is 33.2 Å². The topological polar surface area (TPSA) is 66.8 Å². The summed E-state index contributed by atoms with van der Waals surface area (Å²) in [4.78, 5) is 28.4. The van der Waals surface area contributed by atoms with Crippen LogP contribution in [0.4, 0.5) is 4.39 Å². The fourth-order valence-corrected chi connectivity index (χ4v) is 4.99. The van der Waals surface area contributed by atoms with Crippen LogP contribution in [0.25, 0.3) is 5.76 Å². The summed E-state index contributed by atoms with van der Waals surface area (Å²) in [6, 6.07) is 12.1. The minimum absolute atomic E-state index is 0.0484. The Morgan fingerprint density at radius 3 is 2.41 bits per heavy atom. The molecule has 7 heteroatoms. The van der Waals surface area contributed by atoms with Crippen molar-refractivity contribution in [1.82, 2.24) is 4.90 Å². The smallest absolute Gasteiger partial charge is 0.295 e. The van der Waals surface area contributed by atoms with E-state index in [1.54, 1.807) is 37.4 Å². The number of hydrogen-bond donors (Lipinski definition) is 1. The summed E-state index contributed by atoms with van der Waals surface area (Å²) in [6.45, 7) is 3.86. The van der Waals surface area contributed by atoms with E-state index in [4.69, 9.17) is 4.74 Å². The lowest BCUT2D eigenvalue weighted by atomic mass is 9.97. The second-order valence-electron chi connectivity index (χ2n) is 7.71. The zero-order chi connectivity index (χ0) is 23.0. The van der Waals surface area contributed by atoms with Gasteiger partial charge in [-0.3, -0.25) is 9.59 Å². The van der Waals surface area contributed by atoms with Crippen LogP contribution in [0.5, 0.6) is 5.75 Å². The first-order chi connectivity index (χ1) is 15.3. The third-order valence-electron chi connectivity index (χ3n) is 5.62. The zero-order valence-corrected chi connectivity index (χ0v) is 18.7. The summed E-state index contributed by atoms with van der Waals surface area (Å²) in [6.07, 6.45) is 0. The predicted octanol–water partition coefficient (Wildman–Crippen LogP) is 5.13. The summed E-state index contributed by atoms with van der Waals surface area (Å²) < 4.78 is 18.6.